The molecule has 6 heteroatoms. The van der Waals surface area contributed by atoms with Crippen molar-refractivity contribution in [3.05, 3.63) is 48.0 Å². The maximum absolute atomic E-state index is 12.6. The summed E-state index contributed by atoms with van der Waals surface area (Å²) in [6, 6.07) is 14.4. The summed E-state index contributed by atoms with van der Waals surface area (Å²) in [5, 5.41) is 8.41. The molecule has 0 saturated carbocycles. The summed E-state index contributed by atoms with van der Waals surface area (Å²) in [5.74, 6) is 0.0222. The van der Waals surface area contributed by atoms with Crippen molar-refractivity contribution in [1.29, 1.82) is 0 Å². The lowest BCUT2D eigenvalue weighted by Crippen LogP contribution is -2.48. The van der Waals surface area contributed by atoms with E-state index in [0.29, 0.717) is 6.54 Å². The molecule has 1 saturated heterocycles. The number of rotatable bonds is 5. The summed E-state index contributed by atoms with van der Waals surface area (Å²) in [7, 11) is 0. The Morgan fingerprint density at radius 2 is 1.77 bits per heavy atom. The normalized spacial score (nSPS) is 16.8. The molecule has 1 atom stereocenters. The molecule has 0 bridgehead atoms. The van der Waals surface area contributed by atoms with Gasteiger partial charge in [-0.25, -0.2) is 4.79 Å². The van der Waals surface area contributed by atoms with E-state index in [4.69, 9.17) is 4.74 Å². The van der Waals surface area contributed by atoms with Gasteiger partial charge in [0.25, 0.3) is 0 Å². The summed E-state index contributed by atoms with van der Waals surface area (Å²) in [6.45, 7) is 9.51. The van der Waals surface area contributed by atoms with Crippen molar-refractivity contribution in [3.63, 3.8) is 0 Å². The lowest BCUT2D eigenvalue weighted by molar-refractivity contribution is -0.123. The molecule has 0 radical (unpaired) electrons. The SMILES string of the molecule is CC(NC(=O)CN1CCC(NC(=O)OC(C)(C)C)CC1)c1cccc2ccccc12. The average molecular weight is 412 g/mol. The van der Waals surface area contributed by atoms with E-state index in [1.54, 1.807) is 0 Å². The summed E-state index contributed by atoms with van der Waals surface area (Å²) in [6.07, 6.45) is 1.25. The molecule has 1 aliphatic heterocycles. The Morgan fingerprint density at radius 3 is 2.47 bits per heavy atom. The van der Waals surface area contributed by atoms with Gasteiger partial charge in [0, 0.05) is 19.1 Å². The third kappa shape index (κ3) is 6.20. The summed E-state index contributed by atoms with van der Waals surface area (Å²) < 4.78 is 5.32. The molecule has 2 aromatic rings. The van der Waals surface area contributed by atoms with Crippen LogP contribution in [0.4, 0.5) is 4.79 Å². The van der Waals surface area contributed by atoms with E-state index in [2.05, 4.69) is 39.8 Å². The fraction of sp³-hybridized carbons (Fsp3) is 0.500. The molecule has 162 valence electrons. The summed E-state index contributed by atoms with van der Waals surface area (Å²) in [4.78, 5) is 26.7. The molecule has 2 aromatic carbocycles. The zero-order valence-corrected chi connectivity index (χ0v) is 18.4. The predicted octanol–water partition coefficient (Wildman–Crippen LogP) is 4.01. The third-order valence-corrected chi connectivity index (χ3v) is 5.34. The minimum Gasteiger partial charge on any atom is -0.444 e. The lowest BCUT2D eigenvalue weighted by atomic mass is 9.99. The van der Waals surface area contributed by atoms with Crippen molar-refractivity contribution in [2.24, 2.45) is 0 Å². The van der Waals surface area contributed by atoms with Crippen molar-refractivity contribution >= 4 is 22.8 Å². The largest absolute Gasteiger partial charge is 0.444 e. The molecule has 0 aromatic heterocycles. The van der Waals surface area contributed by atoms with Gasteiger partial charge in [0.05, 0.1) is 12.6 Å². The van der Waals surface area contributed by atoms with Crippen LogP contribution in [-0.4, -0.2) is 48.2 Å². The highest BCUT2D eigenvalue weighted by atomic mass is 16.6. The molecule has 30 heavy (non-hydrogen) atoms. The molecular weight excluding hydrogens is 378 g/mol. The van der Waals surface area contributed by atoms with Crippen LogP contribution < -0.4 is 10.6 Å². The zero-order valence-electron chi connectivity index (χ0n) is 18.4. The van der Waals surface area contributed by atoms with Gasteiger partial charge >= 0.3 is 6.09 Å². The molecule has 0 spiro atoms. The Balaban J connectivity index is 1.46. The molecule has 1 heterocycles. The van der Waals surface area contributed by atoms with E-state index in [1.807, 2.05) is 45.9 Å². The average Bonchev–Trinajstić information content (AvgIpc) is 2.67. The van der Waals surface area contributed by atoms with Gasteiger partial charge in [0.2, 0.25) is 5.91 Å². The van der Waals surface area contributed by atoms with Gasteiger partial charge in [-0.3, -0.25) is 9.69 Å². The van der Waals surface area contributed by atoms with Crippen LogP contribution in [-0.2, 0) is 9.53 Å². The maximum atomic E-state index is 12.6. The first kappa shape index (κ1) is 22.1. The van der Waals surface area contributed by atoms with Crippen LogP contribution in [0.1, 0.15) is 52.1 Å². The van der Waals surface area contributed by atoms with E-state index in [1.165, 1.54) is 10.8 Å². The lowest BCUT2D eigenvalue weighted by Gasteiger charge is -2.32. The number of amides is 2. The highest BCUT2D eigenvalue weighted by molar-refractivity contribution is 5.87. The van der Waals surface area contributed by atoms with Gasteiger partial charge in [-0.1, -0.05) is 42.5 Å². The highest BCUT2D eigenvalue weighted by Crippen LogP contribution is 2.24. The standard InChI is InChI=1S/C24H33N3O3/c1-17(20-11-7-9-18-8-5-6-10-21(18)20)25-22(28)16-27-14-12-19(13-15-27)26-23(29)30-24(2,3)4/h5-11,17,19H,12-16H2,1-4H3,(H,25,28)(H,26,29). The number of nitrogens with one attached hydrogen (secondary N) is 2. The molecule has 2 amide bonds. The van der Waals surface area contributed by atoms with Crippen molar-refractivity contribution in [1.82, 2.24) is 15.5 Å². The second-order valence-corrected chi connectivity index (χ2v) is 9.05. The van der Waals surface area contributed by atoms with Crippen molar-refractivity contribution in [2.45, 2.75) is 58.2 Å². The van der Waals surface area contributed by atoms with E-state index in [-0.39, 0.29) is 24.1 Å². The number of fused-ring (bicyclic) bond motifs is 1. The summed E-state index contributed by atoms with van der Waals surface area (Å²) in [5.41, 5.74) is 0.630. The number of hydrogen-bond acceptors (Lipinski definition) is 4. The Kier molecular flexibility index (Phi) is 6.98. The molecular formula is C24H33N3O3. The number of hydrogen-bond donors (Lipinski definition) is 2. The Morgan fingerprint density at radius 1 is 1.10 bits per heavy atom. The number of nitrogens with zero attached hydrogens (tertiary/aromatic N) is 1. The van der Waals surface area contributed by atoms with Gasteiger partial charge in [-0.2, -0.15) is 0 Å². The van der Waals surface area contributed by atoms with Crippen LogP contribution in [0, 0.1) is 0 Å². The second-order valence-electron chi connectivity index (χ2n) is 9.05. The fourth-order valence-electron chi connectivity index (χ4n) is 3.91. The van der Waals surface area contributed by atoms with Crippen LogP contribution in [0.5, 0.6) is 0 Å². The number of carbonyl (C=O) groups is 2. The number of ether oxygens (including phenoxy) is 1. The monoisotopic (exact) mass is 411 g/mol. The molecule has 2 N–H and O–H groups in total. The highest BCUT2D eigenvalue weighted by Gasteiger charge is 2.25. The number of carbonyl (C=O) groups excluding carboxylic acids is 2. The van der Waals surface area contributed by atoms with Crippen LogP contribution in [0.25, 0.3) is 10.8 Å². The minimum atomic E-state index is -0.496. The van der Waals surface area contributed by atoms with E-state index in [0.717, 1.165) is 31.5 Å². The third-order valence-electron chi connectivity index (χ3n) is 5.34. The maximum Gasteiger partial charge on any atom is 0.407 e. The summed E-state index contributed by atoms with van der Waals surface area (Å²) >= 11 is 0. The van der Waals surface area contributed by atoms with E-state index >= 15 is 0 Å². The van der Waals surface area contributed by atoms with Crippen molar-refractivity contribution in [2.75, 3.05) is 19.6 Å². The second kappa shape index (κ2) is 9.47. The minimum absolute atomic E-state index is 0.0222. The Bertz CT molecular complexity index is 877. The van der Waals surface area contributed by atoms with E-state index in [9.17, 15) is 9.59 Å². The van der Waals surface area contributed by atoms with Crippen LogP contribution >= 0.6 is 0 Å². The number of likely N-dealkylation sites (tertiary alicyclic amines) is 1. The molecule has 1 unspecified atom stereocenters. The first-order valence-corrected chi connectivity index (χ1v) is 10.7. The quantitative estimate of drug-likeness (QED) is 0.780. The predicted molar refractivity (Wildman–Crippen MR) is 119 cm³/mol. The van der Waals surface area contributed by atoms with Crippen LogP contribution in [0.3, 0.4) is 0 Å². The number of alkyl carbamates (subject to hydrolysis) is 1. The van der Waals surface area contributed by atoms with Gasteiger partial charge < -0.3 is 15.4 Å². The first-order valence-electron chi connectivity index (χ1n) is 10.7. The van der Waals surface area contributed by atoms with Gasteiger partial charge in [0.15, 0.2) is 0 Å². The van der Waals surface area contributed by atoms with Crippen LogP contribution in [0.15, 0.2) is 42.5 Å². The zero-order chi connectivity index (χ0) is 21.7. The van der Waals surface area contributed by atoms with E-state index < -0.39 is 5.60 Å². The number of benzene rings is 2. The van der Waals surface area contributed by atoms with Gasteiger partial charge in [0.1, 0.15) is 5.60 Å². The van der Waals surface area contributed by atoms with Crippen molar-refractivity contribution < 1.29 is 14.3 Å². The fourth-order valence-corrected chi connectivity index (χ4v) is 3.91. The van der Waals surface area contributed by atoms with Gasteiger partial charge in [-0.15, -0.1) is 0 Å². The number of piperidine rings is 1. The smallest absolute Gasteiger partial charge is 0.407 e. The van der Waals surface area contributed by atoms with Gasteiger partial charge in [-0.05, 0) is 56.9 Å². The van der Waals surface area contributed by atoms with Crippen molar-refractivity contribution in [3.8, 4) is 0 Å². The molecule has 1 fully saturated rings. The molecule has 3 rings (SSSR count). The molecule has 1 aliphatic rings. The Hall–Kier alpha value is -2.60. The molecule has 6 nitrogen and oxygen atoms in total. The molecule has 0 aliphatic carbocycles. The first-order chi connectivity index (χ1) is 14.2. The Labute approximate surface area is 179 Å². The van der Waals surface area contributed by atoms with Crippen LogP contribution in [0.2, 0.25) is 0 Å². The topological polar surface area (TPSA) is 70.7 Å².